The summed E-state index contributed by atoms with van der Waals surface area (Å²) < 4.78 is 0. The maximum Gasteiger partial charge on any atom is 0.234 e. The van der Waals surface area contributed by atoms with Crippen LogP contribution in [0.2, 0.25) is 0 Å². The highest BCUT2D eigenvalue weighted by molar-refractivity contribution is 5.78. The Morgan fingerprint density at radius 2 is 1.71 bits per heavy atom. The quantitative estimate of drug-likeness (QED) is 0.817. The van der Waals surface area contributed by atoms with Gasteiger partial charge in [0.1, 0.15) is 0 Å². The Balaban J connectivity index is 1.67. The first-order valence-electron chi connectivity index (χ1n) is 8.69. The molecule has 122 valence electrons. The van der Waals surface area contributed by atoms with Crippen LogP contribution in [-0.2, 0) is 4.79 Å². The molecule has 2 N–H and O–H groups in total. The fourth-order valence-corrected chi connectivity index (χ4v) is 3.80. The lowest BCUT2D eigenvalue weighted by atomic mass is 9.86. The Kier molecular flexibility index (Phi) is 6.49. The molecule has 4 heteroatoms. The van der Waals surface area contributed by atoms with E-state index in [0.717, 1.165) is 44.4 Å². The standard InChI is InChI=1S/C17H32N2O2/c1-13-3-7-15(8-4-13)18-17(21)11-19(2)16-9-5-14(12-20)6-10-16/h13-16,20H,3-12H2,1-2H3,(H,18,21). The molecule has 0 aromatic rings. The van der Waals surface area contributed by atoms with Crippen LogP contribution < -0.4 is 5.32 Å². The van der Waals surface area contributed by atoms with Crippen molar-refractivity contribution in [3.63, 3.8) is 0 Å². The van der Waals surface area contributed by atoms with Crippen LogP contribution in [-0.4, -0.2) is 48.2 Å². The van der Waals surface area contributed by atoms with Crippen molar-refractivity contribution in [3.8, 4) is 0 Å². The molecule has 0 atom stereocenters. The van der Waals surface area contributed by atoms with E-state index in [1.807, 2.05) is 0 Å². The van der Waals surface area contributed by atoms with Crippen LogP contribution in [0.5, 0.6) is 0 Å². The molecule has 0 aromatic carbocycles. The highest BCUT2D eigenvalue weighted by Crippen LogP contribution is 2.26. The van der Waals surface area contributed by atoms with E-state index >= 15 is 0 Å². The van der Waals surface area contributed by atoms with Gasteiger partial charge in [0.25, 0.3) is 0 Å². The van der Waals surface area contributed by atoms with E-state index < -0.39 is 0 Å². The molecule has 0 radical (unpaired) electrons. The van der Waals surface area contributed by atoms with Crippen LogP contribution in [0.25, 0.3) is 0 Å². The normalized spacial score (nSPS) is 33.9. The third-order valence-corrected chi connectivity index (χ3v) is 5.47. The fourth-order valence-electron chi connectivity index (χ4n) is 3.80. The van der Waals surface area contributed by atoms with E-state index in [4.69, 9.17) is 0 Å². The third kappa shape index (κ3) is 5.26. The average molecular weight is 296 g/mol. The Bertz CT molecular complexity index is 319. The van der Waals surface area contributed by atoms with Gasteiger partial charge in [0.15, 0.2) is 0 Å². The highest BCUT2D eigenvalue weighted by Gasteiger charge is 2.25. The summed E-state index contributed by atoms with van der Waals surface area (Å²) in [5, 5.41) is 12.4. The zero-order valence-corrected chi connectivity index (χ0v) is 13.7. The molecule has 0 bridgehead atoms. The summed E-state index contributed by atoms with van der Waals surface area (Å²) in [7, 11) is 2.06. The predicted molar refractivity (Wildman–Crippen MR) is 85.0 cm³/mol. The summed E-state index contributed by atoms with van der Waals surface area (Å²) in [6, 6.07) is 0.900. The number of carbonyl (C=O) groups is 1. The number of likely N-dealkylation sites (N-methyl/N-ethyl adjacent to an activating group) is 1. The maximum absolute atomic E-state index is 12.2. The summed E-state index contributed by atoms with van der Waals surface area (Å²) in [4.78, 5) is 14.4. The van der Waals surface area contributed by atoms with E-state index in [0.29, 0.717) is 31.2 Å². The van der Waals surface area contributed by atoms with Crippen LogP contribution >= 0.6 is 0 Å². The summed E-state index contributed by atoms with van der Waals surface area (Å²) in [6.45, 7) is 3.13. The molecule has 2 aliphatic carbocycles. The smallest absolute Gasteiger partial charge is 0.234 e. The second-order valence-corrected chi connectivity index (χ2v) is 7.30. The summed E-state index contributed by atoms with van der Waals surface area (Å²) in [6.07, 6.45) is 9.15. The summed E-state index contributed by atoms with van der Waals surface area (Å²) in [5.41, 5.74) is 0. The monoisotopic (exact) mass is 296 g/mol. The van der Waals surface area contributed by atoms with Crippen molar-refractivity contribution < 1.29 is 9.90 Å². The van der Waals surface area contributed by atoms with E-state index in [1.165, 1.54) is 12.8 Å². The van der Waals surface area contributed by atoms with E-state index in [-0.39, 0.29) is 5.91 Å². The number of amides is 1. The van der Waals surface area contributed by atoms with Crippen LogP contribution in [0.3, 0.4) is 0 Å². The SMILES string of the molecule is CC1CCC(NC(=O)CN(C)C2CCC(CO)CC2)CC1. The Labute approximate surface area is 129 Å². The van der Waals surface area contributed by atoms with Crippen LogP contribution in [0.1, 0.15) is 58.3 Å². The topological polar surface area (TPSA) is 52.6 Å². The Hall–Kier alpha value is -0.610. The molecule has 0 spiro atoms. The number of carbonyl (C=O) groups excluding carboxylic acids is 1. The van der Waals surface area contributed by atoms with Gasteiger partial charge >= 0.3 is 0 Å². The fraction of sp³-hybridized carbons (Fsp3) is 0.941. The van der Waals surface area contributed by atoms with Gasteiger partial charge in [0, 0.05) is 18.7 Å². The molecule has 1 amide bonds. The van der Waals surface area contributed by atoms with Crippen molar-refractivity contribution in [1.29, 1.82) is 0 Å². The lowest BCUT2D eigenvalue weighted by Gasteiger charge is -2.34. The minimum atomic E-state index is 0.182. The number of aliphatic hydroxyl groups is 1. The van der Waals surface area contributed by atoms with Gasteiger partial charge in [-0.05, 0) is 70.3 Å². The molecule has 0 aromatic heterocycles. The number of hydrogen-bond donors (Lipinski definition) is 2. The first-order chi connectivity index (χ1) is 10.1. The van der Waals surface area contributed by atoms with E-state index in [9.17, 15) is 9.90 Å². The van der Waals surface area contributed by atoms with Gasteiger partial charge < -0.3 is 10.4 Å². The Morgan fingerprint density at radius 3 is 2.29 bits per heavy atom. The molecule has 2 fully saturated rings. The van der Waals surface area contributed by atoms with Gasteiger partial charge in [-0.1, -0.05) is 6.92 Å². The molecular formula is C17H32N2O2. The minimum Gasteiger partial charge on any atom is -0.396 e. The van der Waals surface area contributed by atoms with Crippen LogP contribution in [0.15, 0.2) is 0 Å². The second kappa shape index (κ2) is 8.14. The van der Waals surface area contributed by atoms with E-state index in [1.54, 1.807) is 0 Å². The van der Waals surface area contributed by atoms with E-state index in [2.05, 4.69) is 24.2 Å². The van der Waals surface area contributed by atoms with Crippen LogP contribution in [0, 0.1) is 11.8 Å². The molecular weight excluding hydrogens is 264 g/mol. The highest BCUT2D eigenvalue weighted by atomic mass is 16.3. The average Bonchev–Trinajstić information content (AvgIpc) is 2.49. The molecule has 0 saturated heterocycles. The number of nitrogens with one attached hydrogen (secondary N) is 1. The number of rotatable bonds is 5. The van der Waals surface area contributed by atoms with Crippen molar-refractivity contribution >= 4 is 5.91 Å². The molecule has 2 saturated carbocycles. The van der Waals surface area contributed by atoms with Crippen molar-refractivity contribution in [2.45, 2.75) is 70.4 Å². The summed E-state index contributed by atoms with van der Waals surface area (Å²) >= 11 is 0. The lowest BCUT2D eigenvalue weighted by Crippen LogP contribution is -2.45. The first-order valence-corrected chi connectivity index (χ1v) is 8.69. The first kappa shape index (κ1) is 16.8. The number of nitrogens with zero attached hydrogens (tertiary/aromatic N) is 1. The largest absolute Gasteiger partial charge is 0.396 e. The molecule has 2 rings (SSSR count). The van der Waals surface area contributed by atoms with Crippen molar-refractivity contribution in [3.05, 3.63) is 0 Å². The summed E-state index contributed by atoms with van der Waals surface area (Å²) in [5.74, 6) is 1.48. The molecule has 2 aliphatic rings. The zero-order chi connectivity index (χ0) is 15.2. The predicted octanol–water partition coefficient (Wildman–Crippen LogP) is 2.16. The van der Waals surface area contributed by atoms with Gasteiger partial charge in [0.05, 0.1) is 6.54 Å². The van der Waals surface area contributed by atoms with Gasteiger partial charge in [-0.25, -0.2) is 0 Å². The molecule has 0 unspecified atom stereocenters. The van der Waals surface area contributed by atoms with Crippen molar-refractivity contribution in [2.24, 2.45) is 11.8 Å². The molecule has 0 heterocycles. The van der Waals surface area contributed by atoms with Crippen molar-refractivity contribution in [1.82, 2.24) is 10.2 Å². The second-order valence-electron chi connectivity index (χ2n) is 7.30. The maximum atomic E-state index is 12.2. The van der Waals surface area contributed by atoms with Gasteiger partial charge in [-0.3, -0.25) is 9.69 Å². The van der Waals surface area contributed by atoms with Crippen molar-refractivity contribution in [2.75, 3.05) is 20.2 Å². The van der Waals surface area contributed by atoms with Gasteiger partial charge in [0.2, 0.25) is 5.91 Å². The Morgan fingerprint density at radius 1 is 1.10 bits per heavy atom. The molecule has 0 aliphatic heterocycles. The zero-order valence-electron chi connectivity index (χ0n) is 13.7. The third-order valence-electron chi connectivity index (χ3n) is 5.47. The number of hydrogen-bond acceptors (Lipinski definition) is 3. The van der Waals surface area contributed by atoms with Crippen LogP contribution in [0.4, 0.5) is 0 Å². The number of aliphatic hydroxyl groups excluding tert-OH is 1. The lowest BCUT2D eigenvalue weighted by molar-refractivity contribution is -0.123. The minimum absolute atomic E-state index is 0.182. The van der Waals surface area contributed by atoms with Gasteiger partial charge in [-0.2, -0.15) is 0 Å². The molecule has 4 nitrogen and oxygen atoms in total. The molecule has 21 heavy (non-hydrogen) atoms. The van der Waals surface area contributed by atoms with Gasteiger partial charge in [-0.15, -0.1) is 0 Å².